The second-order valence-corrected chi connectivity index (χ2v) is 4.81. The van der Waals surface area contributed by atoms with Crippen molar-refractivity contribution in [3.05, 3.63) is 36.2 Å². The van der Waals surface area contributed by atoms with Crippen molar-refractivity contribution < 1.29 is 4.79 Å². The van der Waals surface area contributed by atoms with Gasteiger partial charge < -0.3 is 20.2 Å². The van der Waals surface area contributed by atoms with Gasteiger partial charge in [0.05, 0.1) is 5.69 Å². The van der Waals surface area contributed by atoms with E-state index in [1.54, 1.807) is 18.5 Å². The SMILES string of the molecule is CCCn1cc(N)cc1C(=O)NCCc1nccn1C. The van der Waals surface area contributed by atoms with Crippen molar-refractivity contribution in [2.75, 3.05) is 12.3 Å². The van der Waals surface area contributed by atoms with E-state index in [0.717, 1.165) is 18.8 Å². The molecule has 2 aromatic rings. The van der Waals surface area contributed by atoms with Crippen LogP contribution in [0.1, 0.15) is 29.7 Å². The number of amides is 1. The first-order valence-corrected chi connectivity index (χ1v) is 6.82. The predicted molar refractivity (Wildman–Crippen MR) is 78.4 cm³/mol. The van der Waals surface area contributed by atoms with Crippen LogP contribution < -0.4 is 11.1 Å². The number of hydrogen-bond donors (Lipinski definition) is 2. The lowest BCUT2D eigenvalue weighted by molar-refractivity contribution is 0.0944. The Balaban J connectivity index is 1.93. The second kappa shape index (κ2) is 6.27. The first-order valence-electron chi connectivity index (χ1n) is 6.82. The number of nitrogens with zero attached hydrogens (tertiary/aromatic N) is 3. The van der Waals surface area contributed by atoms with Crippen LogP contribution in [0.2, 0.25) is 0 Å². The summed E-state index contributed by atoms with van der Waals surface area (Å²) in [4.78, 5) is 16.4. The predicted octanol–water partition coefficient (Wildman–Crippen LogP) is 1.19. The van der Waals surface area contributed by atoms with E-state index in [-0.39, 0.29) is 5.91 Å². The number of rotatable bonds is 6. The van der Waals surface area contributed by atoms with Gasteiger partial charge in [-0.25, -0.2) is 4.98 Å². The zero-order chi connectivity index (χ0) is 14.5. The third-order valence-electron chi connectivity index (χ3n) is 3.17. The molecule has 3 N–H and O–H groups in total. The fourth-order valence-electron chi connectivity index (χ4n) is 2.17. The van der Waals surface area contributed by atoms with E-state index >= 15 is 0 Å². The molecule has 2 heterocycles. The molecule has 6 heteroatoms. The monoisotopic (exact) mass is 275 g/mol. The van der Waals surface area contributed by atoms with E-state index in [0.29, 0.717) is 24.3 Å². The highest BCUT2D eigenvalue weighted by molar-refractivity contribution is 5.93. The summed E-state index contributed by atoms with van der Waals surface area (Å²) in [5.74, 6) is 0.859. The maximum Gasteiger partial charge on any atom is 0.267 e. The normalized spacial score (nSPS) is 10.7. The summed E-state index contributed by atoms with van der Waals surface area (Å²) >= 11 is 0. The Bertz CT molecular complexity index is 584. The smallest absolute Gasteiger partial charge is 0.267 e. The van der Waals surface area contributed by atoms with Crippen molar-refractivity contribution in [3.63, 3.8) is 0 Å². The number of hydrogen-bond acceptors (Lipinski definition) is 3. The maximum atomic E-state index is 12.2. The number of imidazole rings is 1. The van der Waals surface area contributed by atoms with Gasteiger partial charge in [-0.15, -0.1) is 0 Å². The highest BCUT2D eigenvalue weighted by Crippen LogP contribution is 2.11. The van der Waals surface area contributed by atoms with Crippen LogP contribution >= 0.6 is 0 Å². The van der Waals surface area contributed by atoms with Crippen molar-refractivity contribution in [3.8, 4) is 0 Å². The van der Waals surface area contributed by atoms with Crippen LogP contribution in [-0.4, -0.2) is 26.6 Å². The van der Waals surface area contributed by atoms with Gasteiger partial charge in [-0.2, -0.15) is 0 Å². The molecule has 0 saturated carbocycles. The molecule has 0 spiro atoms. The van der Waals surface area contributed by atoms with Gasteiger partial charge in [-0.1, -0.05) is 6.92 Å². The average molecular weight is 275 g/mol. The summed E-state index contributed by atoms with van der Waals surface area (Å²) in [6.45, 7) is 3.42. The lowest BCUT2D eigenvalue weighted by Gasteiger charge is -2.08. The second-order valence-electron chi connectivity index (χ2n) is 4.81. The number of anilines is 1. The summed E-state index contributed by atoms with van der Waals surface area (Å²) in [7, 11) is 1.94. The maximum absolute atomic E-state index is 12.2. The quantitative estimate of drug-likeness (QED) is 0.831. The van der Waals surface area contributed by atoms with Gasteiger partial charge in [0.25, 0.3) is 5.91 Å². The van der Waals surface area contributed by atoms with Gasteiger partial charge in [0.15, 0.2) is 0 Å². The molecule has 0 aliphatic heterocycles. The minimum atomic E-state index is -0.0932. The summed E-state index contributed by atoms with van der Waals surface area (Å²) in [6, 6.07) is 1.71. The fraction of sp³-hybridized carbons (Fsp3) is 0.429. The molecule has 108 valence electrons. The number of carbonyl (C=O) groups excluding carboxylic acids is 1. The lowest BCUT2D eigenvalue weighted by Crippen LogP contribution is -2.28. The van der Waals surface area contributed by atoms with Crippen LogP contribution in [0.4, 0.5) is 5.69 Å². The molecule has 20 heavy (non-hydrogen) atoms. The number of nitrogens with two attached hydrogens (primary N) is 1. The van der Waals surface area contributed by atoms with E-state index in [1.807, 2.05) is 22.4 Å². The minimum absolute atomic E-state index is 0.0932. The first kappa shape index (κ1) is 14.2. The van der Waals surface area contributed by atoms with Gasteiger partial charge in [0.2, 0.25) is 0 Å². The number of aryl methyl sites for hydroxylation is 2. The van der Waals surface area contributed by atoms with Gasteiger partial charge in [0, 0.05) is 45.1 Å². The van der Waals surface area contributed by atoms with Crippen molar-refractivity contribution >= 4 is 11.6 Å². The first-order chi connectivity index (χ1) is 9.61. The summed E-state index contributed by atoms with van der Waals surface area (Å²) in [5, 5.41) is 2.91. The van der Waals surface area contributed by atoms with E-state index in [4.69, 9.17) is 5.73 Å². The molecule has 0 radical (unpaired) electrons. The third-order valence-corrected chi connectivity index (χ3v) is 3.17. The fourth-order valence-corrected chi connectivity index (χ4v) is 2.17. The number of aromatic nitrogens is 3. The van der Waals surface area contributed by atoms with E-state index in [9.17, 15) is 4.79 Å². The molecular formula is C14H21N5O. The minimum Gasteiger partial charge on any atom is -0.397 e. The lowest BCUT2D eigenvalue weighted by atomic mass is 10.3. The molecule has 2 rings (SSSR count). The molecule has 2 aromatic heterocycles. The third kappa shape index (κ3) is 3.20. The van der Waals surface area contributed by atoms with Crippen molar-refractivity contribution in [1.82, 2.24) is 19.4 Å². The largest absolute Gasteiger partial charge is 0.397 e. The summed E-state index contributed by atoms with van der Waals surface area (Å²) in [6.07, 6.45) is 7.12. The van der Waals surface area contributed by atoms with E-state index in [1.165, 1.54) is 0 Å². The standard InChI is InChI=1S/C14H21N5O/c1-3-7-19-10-11(15)9-12(19)14(20)17-5-4-13-16-6-8-18(13)2/h6,8-10H,3-5,7,15H2,1-2H3,(H,17,20). The molecule has 6 nitrogen and oxygen atoms in total. The molecular weight excluding hydrogens is 254 g/mol. The van der Waals surface area contributed by atoms with Crippen LogP contribution in [-0.2, 0) is 20.0 Å². The highest BCUT2D eigenvalue weighted by Gasteiger charge is 2.12. The van der Waals surface area contributed by atoms with Crippen molar-refractivity contribution in [2.45, 2.75) is 26.3 Å². The average Bonchev–Trinajstić information content (AvgIpc) is 2.97. The molecule has 0 saturated heterocycles. The molecule has 0 aromatic carbocycles. The number of carbonyl (C=O) groups is 1. The van der Waals surface area contributed by atoms with Gasteiger partial charge in [-0.3, -0.25) is 4.79 Å². The molecule has 0 bridgehead atoms. The van der Waals surface area contributed by atoms with E-state index < -0.39 is 0 Å². The van der Waals surface area contributed by atoms with Gasteiger partial charge >= 0.3 is 0 Å². The Morgan fingerprint density at radius 3 is 2.95 bits per heavy atom. The Labute approximate surface area is 118 Å². The molecule has 1 amide bonds. The van der Waals surface area contributed by atoms with Crippen molar-refractivity contribution in [1.29, 1.82) is 0 Å². The molecule has 0 aliphatic carbocycles. The summed E-state index contributed by atoms with van der Waals surface area (Å²) < 4.78 is 3.84. The van der Waals surface area contributed by atoms with Gasteiger partial charge in [-0.05, 0) is 12.5 Å². The number of nitrogens with one attached hydrogen (secondary N) is 1. The Hall–Kier alpha value is -2.24. The van der Waals surface area contributed by atoms with Crippen LogP contribution in [0.3, 0.4) is 0 Å². The molecule has 0 fully saturated rings. The highest BCUT2D eigenvalue weighted by atomic mass is 16.1. The van der Waals surface area contributed by atoms with Gasteiger partial charge in [0.1, 0.15) is 11.5 Å². The molecule has 0 atom stereocenters. The van der Waals surface area contributed by atoms with E-state index in [2.05, 4.69) is 17.2 Å². The topological polar surface area (TPSA) is 77.9 Å². The summed E-state index contributed by atoms with van der Waals surface area (Å²) in [5.41, 5.74) is 6.99. The molecule has 0 unspecified atom stereocenters. The molecule has 0 aliphatic rings. The Morgan fingerprint density at radius 1 is 1.50 bits per heavy atom. The van der Waals surface area contributed by atoms with Crippen LogP contribution in [0.5, 0.6) is 0 Å². The number of nitrogen functional groups attached to an aromatic ring is 1. The van der Waals surface area contributed by atoms with Crippen LogP contribution in [0.15, 0.2) is 24.7 Å². The Kier molecular flexibility index (Phi) is 4.45. The zero-order valence-corrected chi connectivity index (χ0v) is 12.0. The van der Waals surface area contributed by atoms with Crippen molar-refractivity contribution in [2.24, 2.45) is 7.05 Å². The van der Waals surface area contributed by atoms with Crippen LogP contribution in [0, 0.1) is 0 Å². The zero-order valence-electron chi connectivity index (χ0n) is 12.0. The van der Waals surface area contributed by atoms with Crippen LogP contribution in [0.25, 0.3) is 0 Å². The Morgan fingerprint density at radius 2 is 2.30 bits per heavy atom.